The molecule has 6 atom stereocenters. The number of nitrogens with one attached hydrogen (secondary N) is 1. The SMILES string of the molecule is COc1ccc(C(OC[C@H]2O[C@@H](n3cc(C)c(=O)[nH]c3=O)[C@H]3O[C@@H](C(=O)N4CCN(C)CC4)C[C@]32OP(=O)(OCCC#N)N(C(C)C)C(C)C)(c2ccccc2)c2ccc(OC)cc2)cc1. The zero-order chi connectivity index (χ0) is 47.4. The zero-order valence-corrected chi connectivity index (χ0v) is 39.8. The van der Waals surface area contributed by atoms with Crippen LogP contribution in [0.5, 0.6) is 11.5 Å². The minimum absolute atomic E-state index is 0.0874. The lowest BCUT2D eigenvalue weighted by Crippen LogP contribution is -2.52. The van der Waals surface area contributed by atoms with Gasteiger partial charge in [0, 0.05) is 56.4 Å². The van der Waals surface area contributed by atoms with Crippen LogP contribution in [0.3, 0.4) is 0 Å². The smallest absolute Gasteiger partial charge is 0.409 e. The first-order chi connectivity index (χ1) is 31.6. The molecule has 3 aliphatic heterocycles. The van der Waals surface area contributed by atoms with Crippen LogP contribution in [-0.2, 0) is 38.2 Å². The van der Waals surface area contributed by atoms with Crippen LogP contribution in [0, 0.1) is 18.3 Å². The fraction of sp³-hybridized carbons (Fsp3) is 0.500. The number of nitrogens with zero attached hydrogens (tertiary/aromatic N) is 5. The monoisotopic (exact) mass is 928 g/mol. The number of hydrogen-bond acceptors (Lipinski definition) is 13. The maximum atomic E-state index is 15.9. The number of hydrogen-bond donors (Lipinski definition) is 1. The summed E-state index contributed by atoms with van der Waals surface area (Å²) >= 11 is 0. The van der Waals surface area contributed by atoms with E-state index in [4.69, 9.17) is 32.7 Å². The fourth-order valence-corrected chi connectivity index (χ4v) is 11.9. The quantitative estimate of drug-likeness (QED) is 0.0737. The lowest BCUT2D eigenvalue weighted by atomic mass is 9.79. The van der Waals surface area contributed by atoms with Gasteiger partial charge in [-0.3, -0.25) is 28.2 Å². The molecular weight excluding hydrogens is 868 g/mol. The molecule has 1 amide bonds. The summed E-state index contributed by atoms with van der Waals surface area (Å²) in [5.41, 5.74) is -2.18. The number of H-pyrrole nitrogens is 1. The summed E-state index contributed by atoms with van der Waals surface area (Å²) in [6.07, 6.45) is -3.89. The molecule has 4 aromatic rings. The molecule has 7 rings (SSSR count). The molecule has 1 unspecified atom stereocenters. The summed E-state index contributed by atoms with van der Waals surface area (Å²) < 4.78 is 64.5. The Labute approximate surface area is 385 Å². The number of fused-ring (bicyclic) bond motifs is 1. The Morgan fingerprint density at radius 1 is 0.909 bits per heavy atom. The molecule has 3 fully saturated rings. The summed E-state index contributed by atoms with van der Waals surface area (Å²) in [7, 11) is 0.693. The standard InChI is InChI=1S/C48H61N6O11P/c1-32(2)54(33(3)4)66(58,62-28-12-23-49)65-47-29-40(44(56)52-26-24-51(6)25-27-52)63-42(47)45(53-30-34(5)43(55)50-46(53)57)64-41(47)31-61-48(35-13-10-9-11-14-35,36-15-19-38(59-7)20-16-36)37-17-21-39(60-8)22-18-37/h9-11,13-22,30,32-33,40-42,45H,12,24-29,31H2,1-8H3,(H,50,55,57)/t40-,41-,42-,45-,47-,66?/m1/s1. The minimum atomic E-state index is -4.48. The highest BCUT2D eigenvalue weighted by Crippen LogP contribution is 2.63. The van der Waals surface area contributed by atoms with Crippen molar-refractivity contribution in [2.24, 2.45) is 0 Å². The second kappa shape index (κ2) is 20.4. The van der Waals surface area contributed by atoms with E-state index in [0.717, 1.165) is 16.7 Å². The average Bonchev–Trinajstić information content (AvgIpc) is 3.81. The van der Waals surface area contributed by atoms with E-state index in [-0.39, 0.29) is 37.5 Å². The summed E-state index contributed by atoms with van der Waals surface area (Å²) in [6.45, 7) is 10.7. The Hall–Kier alpha value is -5.15. The predicted octanol–water partition coefficient (Wildman–Crippen LogP) is 5.61. The number of methoxy groups -OCH3 is 2. The Balaban J connectivity index is 1.45. The third-order valence-electron chi connectivity index (χ3n) is 12.6. The minimum Gasteiger partial charge on any atom is -0.497 e. The topological polar surface area (TPSA) is 187 Å². The van der Waals surface area contributed by atoms with E-state index in [2.05, 4.69) is 16.0 Å². The highest BCUT2D eigenvalue weighted by Gasteiger charge is 2.69. The number of piperazine rings is 1. The molecule has 0 radical (unpaired) electrons. The van der Waals surface area contributed by atoms with Crippen LogP contribution in [0.2, 0.25) is 0 Å². The van der Waals surface area contributed by atoms with Gasteiger partial charge in [0.2, 0.25) is 0 Å². The maximum Gasteiger partial charge on any atom is 0.409 e. The van der Waals surface area contributed by atoms with Gasteiger partial charge >= 0.3 is 13.4 Å². The van der Waals surface area contributed by atoms with Gasteiger partial charge in [-0.1, -0.05) is 54.6 Å². The number of amides is 1. The van der Waals surface area contributed by atoms with Gasteiger partial charge in [-0.25, -0.2) is 14.0 Å². The van der Waals surface area contributed by atoms with Crippen LogP contribution in [0.25, 0.3) is 0 Å². The summed E-state index contributed by atoms with van der Waals surface area (Å²) in [6, 6.07) is 25.9. The molecule has 4 heterocycles. The van der Waals surface area contributed by atoms with Crippen molar-refractivity contribution < 1.29 is 42.1 Å². The largest absolute Gasteiger partial charge is 0.497 e. The molecule has 66 heavy (non-hydrogen) atoms. The lowest BCUT2D eigenvalue weighted by Gasteiger charge is -2.43. The Morgan fingerprint density at radius 3 is 2.03 bits per heavy atom. The van der Waals surface area contributed by atoms with Crippen molar-refractivity contribution in [3.05, 3.63) is 128 Å². The van der Waals surface area contributed by atoms with Gasteiger partial charge in [-0.2, -0.15) is 5.26 Å². The van der Waals surface area contributed by atoms with Crippen molar-refractivity contribution in [3.63, 3.8) is 0 Å². The molecule has 3 saturated heterocycles. The van der Waals surface area contributed by atoms with Crippen LogP contribution in [-0.4, -0.2) is 127 Å². The molecule has 1 aromatic heterocycles. The number of carbonyl (C=O) groups excluding carboxylic acids is 1. The van der Waals surface area contributed by atoms with E-state index in [1.165, 1.54) is 10.8 Å². The van der Waals surface area contributed by atoms with E-state index >= 15 is 4.57 Å². The number of ether oxygens (including phenoxy) is 5. The van der Waals surface area contributed by atoms with Crippen LogP contribution < -0.4 is 20.7 Å². The first-order valence-electron chi connectivity index (χ1n) is 22.3. The molecule has 0 bridgehead atoms. The number of likely N-dealkylation sites (N-methyl/N-ethyl adjacent to an activating group) is 1. The second-order valence-electron chi connectivity index (χ2n) is 17.5. The Bertz CT molecular complexity index is 2450. The molecular formula is C48H61N6O11P. The van der Waals surface area contributed by atoms with Gasteiger partial charge in [0.1, 0.15) is 41.0 Å². The van der Waals surface area contributed by atoms with E-state index in [1.807, 2.05) is 114 Å². The normalized spacial score (nSPS) is 23.2. The molecule has 17 nitrogen and oxygen atoms in total. The number of aromatic amines is 1. The van der Waals surface area contributed by atoms with E-state index < -0.39 is 66.8 Å². The first-order valence-corrected chi connectivity index (χ1v) is 23.8. The Kier molecular flexibility index (Phi) is 15.1. The second-order valence-corrected chi connectivity index (χ2v) is 19.4. The maximum absolute atomic E-state index is 15.9. The molecule has 3 aromatic carbocycles. The van der Waals surface area contributed by atoms with Gasteiger partial charge in [-0.05, 0) is 82.6 Å². The van der Waals surface area contributed by atoms with Gasteiger partial charge in [0.15, 0.2) is 6.23 Å². The number of aryl methyl sites for hydroxylation is 1. The molecule has 0 saturated carbocycles. The van der Waals surface area contributed by atoms with Crippen LogP contribution in [0.15, 0.2) is 94.6 Å². The van der Waals surface area contributed by atoms with E-state index in [0.29, 0.717) is 37.7 Å². The van der Waals surface area contributed by atoms with Crippen LogP contribution in [0.4, 0.5) is 0 Å². The number of nitriles is 1. The van der Waals surface area contributed by atoms with Gasteiger partial charge < -0.3 is 33.5 Å². The lowest BCUT2D eigenvalue weighted by molar-refractivity contribution is -0.152. The molecule has 0 aliphatic carbocycles. The van der Waals surface area contributed by atoms with Crippen LogP contribution in [0.1, 0.15) is 69.0 Å². The fourth-order valence-electron chi connectivity index (χ4n) is 9.41. The van der Waals surface area contributed by atoms with Gasteiger partial charge in [-0.15, -0.1) is 0 Å². The predicted molar refractivity (Wildman–Crippen MR) is 245 cm³/mol. The first kappa shape index (κ1) is 48.8. The molecule has 3 aliphatic rings. The van der Waals surface area contributed by atoms with Crippen molar-refractivity contribution in [1.82, 2.24) is 24.0 Å². The van der Waals surface area contributed by atoms with Crippen molar-refractivity contribution in [1.29, 1.82) is 5.26 Å². The Morgan fingerprint density at radius 2 is 1.48 bits per heavy atom. The number of rotatable bonds is 18. The highest BCUT2D eigenvalue weighted by atomic mass is 31.2. The van der Waals surface area contributed by atoms with Gasteiger partial charge in [0.25, 0.3) is 11.5 Å². The highest BCUT2D eigenvalue weighted by molar-refractivity contribution is 7.51. The van der Waals surface area contributed by atoms with E-state index in [1.54, 1.807) is 30.7 Å². The summed E-state index contributed by atoms with van der Waals surface area (Å²) in [5, 5.41) is 9.60. The number of benzene rings is 3. The van der Waals surface area contributed by atoms with Crippen molar-refractivity contribution in [2.75, 3.05) is 60.7 Å². The third-order valence-corrected chi connectivity index (χ3v) is 15.2. The molecule has 354 valence electrons. The summed E-state index contributed by atoms with van der Waals surface area (Å²) in [5.74, 6) is 0.949. The molecule has 1 N–H and O–H groups in total. The molecule has 18 heteroatoms. The van der Waals surface area contributed by atoms with E-state index in [9.17, 15) is 19.6 Å². The van der Waals surface area contributed by atoms with Crippen molar-refractivity contribution >= 4 is 13.7 Å². The number of aromatic nitrogens is 2. The van der Waals surface area contributed by atoms with Crippen molar-refractivity contribution in [3.8, 4) is 17.6 Å². The zero-order valence-electron chi connectivity index (χ0n) is 38.9. The van der Waals surface area contributed by atoms with Crippen LogP contribution >= 0.6 is 7.75 Å². The average molecular weight is 929 g/mol. The third kappa shape index (κ3) is 9.52. The number of carbonyl (C=O) groups is 1. The molecule has 0 spiro atoms. The van der Waals surface area contributed by atoms with Crippen molar-refractivity contribution in [2.45, 2.75) is 95.3 Å². The summed E-state index contributed by atoms with van der Waals surface area (Å²) in [4.78, 5) is 47.6. The van der Waals surface area contributed by atoms with Gasteiger partial charge in [0.05, 0.1) is 39.9 Å².